The van der Waals surface area contributed by atoms with E-state index in [1.807, 2.05) is 12.1 Å². The molecule has 1 aliphatic heterocycles. The van der Waals surface area contributed by atoms with Crippen LogP contribution in [0.15, 0.2) is 24.3 Å². The van der Waals surface area contributed by atoms with E-state index in [0.717, 1.165) is 24.3 Å². The number of benzene rings is 1. The molecule has 0 bridgehead atoms. The minimum atomic E-state index is -1.04. The standard InChI is InChI=1S/C19H24N4O4/c1-3-4-11-27-14-7-5-13(6-8-14)20-19(26)23-10-9-16-15(12-23)17(18(24)25)22(2)21-16/h5-8H,3-4,9-12H2,1-2H3,(H,20,26)(H,24,25). The molecule has 0 aliphatic carbocycles. The minimum Gasteiger partial charge on any atom is -0.494 e. The Balaban J connectivity index is 1.63. The first-order valence-electron chi connectivity index (χ1n) is 9.06. The summed E-state index contributed by atoms with van der Waals surface area (Å²) in [7, 11) is 1.61. The Kier molecular flexibility index (Phi) is 5.63. The zero-order valence-electron chi connectivity index (χ0n) is 15.6. The van der Waals surface area contributed by atoms with Gasteiger partial charge in [0.15, 0.2) is 5.69 Å². The number of fused-ring (bicyclic) bond motifs is 1. The number of carboxylic acid groups (broad SMARTS) is 1. The van der Waals surface area contributed by atoms with Crippen LogP contribution in [-0.4, -0.2) is 44.9 Å². The van der Waals surface area contributed by atoms with Crippen molar-refractivity contribution < 1.29 is 19.4 Å². The summed E-state index contributed by atoms with van der Waals surface area (Å²) in [5.74, 6) is -0.266. The second kappa shape index (κ2) is 8.11. The number of nitrogens with one attached hydrogen (secondary N) is 1. The van der Waals surface area contributed by atoms with Crippen molar-refractivity contribution in [3.63, 3.8) is 0 Å². The first-order valence-corrected chi connectivity index (χ1v) is 9.06. The summed E-state index contributed by atoms with van der Waals surface area (Å²) in [5, 5.41) is 16.5. The van der Waals surface area contributed by atoms with E-state index in [1.54, 1.807) is 24.1 Å². The molecule has 0 spiro atoms. The molecule has 8 nitrogen and oxygen atoms in total. The Morgan fingerprint density at radius 2 is 2.04 bits per heavy atom. The summed E-state index contributed by atoms with van der Waals surface area (Å²) < 4.78 is 6.98. The topological polar surface area (TPSA) is 96.7 Å². The Morgan fingerprint density at radius 1 is 1.30 bits per heavy atom. The fourth-order valence-corrected chi connectivity index (χ4v) is 3.11. The number of aryl methyl sites for hydroxylation is 1. The Hall–Kier alpha value is -3.03. The number of urea groups is 1. The molecule has 0 saturated carbocycles. The molecule has 8 heteroatoms. The third-order valence-electron chi connectivity index (χ3n) is 4.56. The zero-order valence-corrected chi connectivity index (χ0v) is 15.6. The lowest BCUT2D eigenvalue weighted by atomic mass is 10.1. The summed E-state index contributed by atoms with van der Waals surface area (Å²) in [6, 6.07) is 6.97. The SMILES string of the molecule is CCCCOc1ccc(NC(=O)N2CCc3nn(C)c(C(=O)O)c3C2)cc1. The second-order valence-electron chi connectivity index (χ2n) is 6.53. The van der Waals surface area contributed by atoms with E-state index in [0.29, 0.717) is 30.8 Å². The van der Waals surface area contributed by atoms with E-state index in [-0.39, 0.29) is 18.3 Å². The number of hydrogen-bond donors (Lipinski definition) is 2. The molecule has 0 saturated heterocycles. The predicted octanol–water partition coefficient (Wildman–Crippen LogP) is 2.89. The van der Waals surface area contributed by atoms with Gasteiger partial charge in [-0.1, -0.05) is 13.3 Å². The highest BCUT2D eigenvalue weighted by atomic mass is 16.5. The first-order chi connectivity index (χ1) is 13.0. The number of ether oxygens (including phenoxy) is 1. The van der Waals surface area contributed by atoms with Crippen molar-refractivity contribution in [3.05, 3.63) is 41.2 Å². The highest BCUT2D eigenvalue weighted by Gasteiger charge is 2.29. The highest BCUT2D eigenvalue weighted by Crippen LogP contribution is 2.23. The van der Waals surface area contributed by atoms with Gasteiger partial charge in [-0.05, 0) is 30.7 Å². The van der Waals surface area contributed by atoms with Gasteiger partial charge >= 0.3 is 12.0 Å². The summed E-state index contributed by atoms with van der Waals surface area (Å²) in [6.07, 6.45) is 2.61. The quantitative estimate of drug-likeness (QED) is 0.760. The van der Waals surface area contributed by atoms with Gasteiger partial charge in [0.05, 0.1) is 18.8 Å². The van der Waals surface area contributed by atoms with Gasteiger partial charge in [0.2, 0.25) is 0 Å². The van der Waals surface area contributed by atoms with Gasteiger partial charge in [-0.15, -0.1) is 0 Å². The highest BCUT2D eigenvalue weighted by molar-refractivity contribution is 5.91. The third-order valence-corrected chi connectivity index (χ3v) is 4.56. The van der Waals surface area contributed by atoms with Crippen LogP contribution < -0.4 is 10.1 Å². The van der Waals surface area contributed by atoms with Crippen molar-refractivity contribution in [2.45, 2.75) is 32.7 Å². The van der Waals surface area contributed by atoms with E-state index < -0.39 is 5.97 Å². The second-order valence-corrected chi connectivity index (χ2v) is 6.53. The average Bonchev–Trinajstić information content (AvgIpc) is 2.98. The molecule has 144 valence electrons. The van der Waals surface area contributed by atoms with Gasteiger partial charge in [0.1, 0.15) is 5.75 Å². The molecule has 2 aromatic rings. The minimum absolute atomic E-state index is 0.135. The molecule has 2 heterocycles. The number of carbonyl (C=O) groups excluding carboxylic acids is 1. The number of aromatic carboxylic acids is 1. The molecular weight excluding hydrogens is 348 g/mol. The van der Waals surface area contributed by atoms with Crippen molar-refractivity contribution in [3.8, 4) is 5.75 Å². The van der Waals surface area contributed by atoms with Crippen LogP contribution in [0.25, 0.3) is 0 Å². The van der Waals surface area contributed by atoms with Gasteiger partial charge in [-0.25, -0.2) is 9.59 Å². The van der Waals surface area contributed by atoms with Gasteiger partial charge in [0, 0.05) is 31.3 Å². The molecule has 2 amide bonds. The fraction of sp³-hybridized carbons (Fsp3) is 0.421. The maximum Gasteiger partial charge on any atom is 0.354 e. The van der Waals surface area contributed by atoms with E-state index in [4.69, 9.17) is 4.74 Å². The monoisotopic (exact) mass is 372 g/mol. The molecule has 1 aliphatic rings. The van der Waals surface area contributed by atoms with Crippen LogP contribution in [0.2, 0.25) is 0 Å². The number of hydrogen-bond acceptors (Lipinski definition) is 4. The lowest BCUT2D eigenvalue weighted by molar-refractivity contribution is 0.0682. The normalized spacial score (nSPS) is 13.2. The lowest BCUT2D eigenvalue weighted by Crippen LogP contribution is -2.39. The van der Waals surface area contributed by atoms with Crippen molar-refractivity contribution in [2.24, 2.45) is 7.05 Å². The summed E-state index contributed by atoms with van der Waals surface area (Å²) in [5.41, 5.74) is 2.15. The van der Waals surface area contributed by atoms with Gasteiger partial charge in [-0.2, -0.15) is 5.10 Å². The number of rotatable bonds is 6. The Bertz CT molecular complexity index is 829. The fourth-order valence-electron chi connectivity index (χ4n) is 3.11. The van der Waals surface area contributed by atoms with Crippen LogP contribution in [0, 0.1) is 0 Å². The van der Waals surface area contributed by atoms with E-state index >= 15 is 0 Å². The van der Waals surface area contributed by atoms with Crippen LogP contribution in [0.3, 0.4) is 0 Å². The molecule has 1 aromatic carbocycles. The summed E-state index contributed by atoms with van der Waals surface area (Å²) >= 11 is 0. The molecule has 3 rings (SSSR count). The third kappa shape index (κ3) is 4.21. The molecule has 1 aromatic heterocycles. The molecule has 2 N–H and O–H groups in total. The zero-order chi connectivity index (χ0) is 19.4. The van der Waals surface area contributed by atoms with Crippen molar-refractivity contribution in [2.75, 3.05) is 18.5 Å². The summed E-state index contributed by atoms with van der Waals surface area (Å²) in [4.78, 5) is 25.6. The average molecular weight is 372 g/mol. The number of carboxylic acids is 1. The Labute approximate surface area is 157 Å². The number of unbranched alkanes of at least 4 members (excludes halogenated alkanes) is 1. The van der Waals surface area contributed by atoms with Crippen LogP contribution in [0.4, 0.5) is 10.5 Å². The number of carbonyl (C=O) groups is 2. The molecule has 0 fully saturated rings. The van der Waals surface area contributed by atoms with Gasteiger partial charge in [0.25, 0.3) is 0 Å². The maximum absolute atomic E-state index is 12.6. The first kappa shape index (κ1) is 18.8. The van der Waals surface area contributed by atoms with E-state index in [2.05, 4.69) is 17.3 Å². The van der Waals surface area contributed by atoms with Crippen molar-refractivity contribution in [1.82, 2.24) is 14.7 Å². The number of aromatic nitrogens is 2. The van der Waals surface area contributed by atoms with Crippen LogP contribution >= 0.6 is 0 Å². The number of amides is 2. The van der Waals surface area contributed by atoms with E-state index in [9.17, 15) is 14.7 Å². The molecule has 27 heavy (non-hydrogen) atoms. The predicted molar refractivity (Wildman–Crippen MR) is 100 cm³/mol. The van der Waals surface area contributed by atoms with E-state index in [1.165, 1.54) is 4.68 Å². The molecular formula is C19H24N4O4. The van der Waals surface area contributed by atoms with Gasteiger partial charge < -0.3 is 20.1 Å². The lowest BCUT2D eigenvalue weighted by Gasteiger charge is -2.26. The number of anilines is 1. The van der Waals surface area contributed by atoms with Gasteiger partial charge in [-0.3, -0.25) is 4.68 Å². The van der Waals surface area contributed by atoms with Crippen LogP contribution in [0.5, 0.6) is 5.75 Å². The van der Waals surface area contributed by atoms with Crippen LogP contribution in [-0.2, 0) is 20.0 Å². The molecule has 0 atom stereocenters. The number of nitrogens with zero attached hydrogens (tertiary/aromatic N) is 3. The maximum atomic E-state index is 12.6. The Morgan fingerprint density at radius 3 is 2.70 bits per heavy atom. The smallest absolute Gasteiger partial charge is 0.354 e. The molecule has 0 radical (unpaired) electrons. The van der Waals surface area contributed by atoms with Crippen molar-refractivity contribution >= 4 is 17.7 Å². The largest absolute Gasteiger partial charge is 0.494 e. The van der Waals surface area contributed by atoms with Crippen molar-refractivity contribution in [1.29, 1.82) is 0 Å². The molecule has 0 unspecified atom stereocenters. The van der Waals surface area contributed by atoms with Crippen LogP contribution in [0.1, 0.15) is 41.5 Å². The summed E-state index contributed by atoms with van der Waals surface area (Å²) in [6.45, 7) is 3.51.